The molecular weight excluding hydrogens is 523 g/mol. The molecule has 0 radical (unpaired) electrons. The zero-order chi connectivity index (χ0) is 27.5. The third-order valence-electron chi connectivity index (χ3n) is 8.47. The molecule has 3 aliphatic rings. The molecular formula is C30H36F3N3O2S. The van der Waals surface area contributed by atoms with Gasteiger partial charge < -0.3 is 5.32 Å². The van der Waals surface area contributed by atoms with E-state index in [1.165, 1.54) is 5.56 Å². The first-order valence-corrected chi connectivity index (χ1v) is 15.3. The van der Waals surface area contributed by atoms with Crippen molar-refractivity contribution < 1.29 is 21.6 Å². The summed E-state index contributed by atoms with van der Waals surface area (Å²) in [6.45, 7) is 0.313. The van der Waals surface area contributed by atoms with Crippen LogP contribution in [0.4, 0.5) is 13.2 Å². The Balaban J connectivity index is 1.14. The maximum absolute atomic E-state index is 13.1. The van der Waals surface area contributed by atoms with Gasteiger partial charge in [-0.25, -0.2) is 0 Å². The van der Waals surface area contributed by atoms with Gasteiger partial charge in [0.2, 0.25) is 0 Å². The van der Waals surface area contributed by atoms with Gasteiger partial charge in [-0.1, -0.05) is 54.7 Å². The van der Waals surface area contributed by atoms with E-state index in [1.807, 2.05) is 12.1 Å². The summed E-state index contributed by atoms with van der Waals surface area (Å²) in [6.07, 6.45) is 2.49. The van der Waals surface area contributed by atoms with E-state index >= 15 is 0 Å². The fourth-order valence-electron chi connectivity index (χ4n) is 6.56. The first-order chi connectivity index (χ1) is 18.6. The molecule has 3 atom stereocenters. The Kier molecular flexibility index (Phi) is 8.39. The maximum Gasteiger partial charge on any atom is 0.402 e. The van der Waals surface area contributed by atoms with Gasteiger partial charge in [0.25, 0.3) is 10.2 Å². The summed E-state index contributed by atoms with van der Waals surface area (Å²) in [7, 11) is -4.17. The molecule has 2 aliphatic carbocycles. The topological polar surface area (TPSA) is 61.4 Å². The molecule has 0 amide bonds. The molecule has 5 rings (SSSR count). The fraction of sp³-hybridized carbons (Fsp3) is 0.533. The van der Waals surface area contributed by atoms with E-state index in [0.29, 0.717) is 17.1 Å². The highest BCUT2D eigenvalue weighted by Crippen LogP contribution is 2.50. The lowest BCUT2D eigenvalue weighted by Crippen LogP contribution is -2.52. The minimum absolute atomic E-state index is 0.0177. The molecule has 2 aromatic carbocycles. The van der Waals surface area contributed by atoms with Crippen molar-refractivity contribution >= 4 is 10.2 Å². The molecule has 1 heterocycles. The van der Waals surface area contributed by atoms with Crippen molar-refractivity contribution in [2.24, 2.45) is 11.8 Å². The molecule has 1 spiro atoms. The molecule has 9 heteroatoms. The van der Waals surface area contributed by atoms with Crippen molar-refractivity contribution in [2.45, 2.75) is 69.6 Å². The molecule has 210 valence electrons. The Morgan fingerprint density at radius 1 is 1.00 bits per heavy atom. The van der Waals surface area contributed by atoms with Crippen molar-refractivity contribution in [1.29, 1.82) is 0 Å². The van der Waals surface area contributed by atoms with Gasteiger partial charge in [0.1, 0.15) is 6.54 Å². The van der Waals surface area contributed by atoms with E-state index in [-0.39, 0.29) is 18.4 Å². The van der Waals surface area contributed by atoms with E-state index < -0.39 is 28.5 Å². The number of nitrogens with one attached hydrogen (secondary N) is 2. The lowest BCUT2D eigenvalue weighted by Gasteiger charge is -2.33. The molecule has 0 aromatic heterocycles. The van der Waals surface area contributed by atoms with Gasteiger partial charge in [-0.15, -0.1) is 0 Å². The number of unbranched alkanes of at least 4 members (excludes halogenated alkanes) is 3. The lowest BCUT2D eigenvalue weighted by molar-refractivity contribution is -0.136. The lowest BCUT2D eigenvalue weighted by atomic mass is 9.79. The minimum Gasteiger partial charge on any atom is -0.313 e. The van der Waals surface area contributed by atoms with Crippen molar-refractivity contribution in [2.75, 3.05) is 19.6 Å². The summed E-state index contributed by atoms with van der Waals surface area (Å²) in [5.74, 6) is 6.52. The van der Waals surface area contributed by atoms with Crippen LogP contribution < -0.4 is 10.0 Å². The van der Waals surface area contributed by atoms with Crippen LogP contribution in [0.3, 0.4) is 0 Å². The quantitative estimate of drug-likeness (QED) is 0.355. The van der Waals surface area contributed by atoms with Crippen LogP contribution in [0, 0.1) is 23.7 Å². The average Bonchev–Trinajstić information content (AvgIpc) is 3.27. The molecule has 2 aromatic rings. The minimum atomic E-state index is -4.57. The van der Waals surface area contributed by atoms with Crippen molar-refractivity contribution in [3.05, 3.63) is 70.8 Å². The number of fused-ring (bicyclic) bond motifs is 1. The molecule has 1 aliphatic heterocycles. The zero-order valence-corrected chi connectivity index (χ0v) is 22.9. The van der Waals surface area contributed by atoms with Crippen LogP contribution in [0.15, 0.2) is 48.5 Å². The van der Waals surface area contributed by atoms with Crippen molar-refractivity contribution in [3.63, 3.8) is 0 Å². The Hall–Kier alpha value is -2.38. The third-order valence-corrected chi connectivity index (χ3v) is 10.0. The van der Waals surface area contributed by atoms with E-state index in [2.05, 4.69) is 58.3 Å². The molecule has 2 fully saturated rings. The van der Waals surface area contributed by atoms with Crippen LogP contribution in [-0.2, 0) is 29.6 Å². The molecule has 2 bridgehead atoms. The van der Waals surface area contributed by atoms with Gasteiger partial charge in [0.15, 0.2) is 0 Å². The van der Waals surface area contributed by atoms with E-state index in [9.17, 15) is 21.6 Å². The molecule has 1 saturated heterocycles. The maximum atomic E-state index is 13.1. The van der Waals surface area contributed by atoms with Crippen LogP contribution in [0.2, 0.25) is 0 Å². The molecule has 0 unspecified atom stereocenters. The summed E-state index contributed by atoms with van der Waals surface area (Å²) < 4.78 is 67.9. The first-order valence-electron chi connectivity index (χ1n) is 13.9. The predicted molar refractivity (Wildman–Crippen MR) is 146 cm³/mol. The number of nitrogens with zero attached hydrogens (tertiary/aromatic N) is 1. The van der Waals surface area contributed by atoms with Gasteiger partial charge in [-0.2, -0.15) is 30.6 Å². The molecule has 1 saturated carbocycles. The van der Waals surface area contributed by atoms with Crippen LogP contribution in [-0.4, -0.2) is 44.1 Å². The second kappa shape index (κ2) is 11.6. The normalized spacial score (nSPS) is 25.7. The number of rotatable bonds is 8. The van der Waals surface area contributed by atoms with Gasteiger partial charge in [0, 0.05) is 25.1 Å². The third kappa shape index (κ3) is 6.68. The van der Waals surface area contributed by atoms with Crippen LogP contribution in [0.25, 0.3) is 0 Å². The Morgan fingerprint density at radius 3 is 2.49 bits per heavy atom. The zero-order valence-electron chi connectivity index (χ0n) is 22.1. The monoisotopic (exact) mass is 559 g/mol. The standard InChI is InChI=1S/C30H36F3N3O2S/c31-30(32,33)22-36-21-29(35-39(36,37)38)27-14-15-28(29)19-26-17-23(12-13-25(26)18-27)9-5-2-1-3-8-16-34-20-24-10-6-4-7-11-24/h4,6-7,10-13,17,27-28,34-35H,1-3,8,14-16,18-22H2/t27-,28+,29-/m1/s1. The second-order valence-corrected chi connectivity index (χ2v) is 12.8. The van der Waals surface area contributed by atoms with E-state index in [1.54, 1.807) is 0 Å². The summed E-state index contributed by atoms with van der Waals surface area (Å²) in [5, 5.41) is 3.47. The van der Waals surface area contributed by atoms with E-state index in [0.717, 1.165) is 68.3 Å². The van der Waals surface area contributed by atoms with Crippen molar-refractivity contribution in [1.82, 2.24) is 14.3 Å². The van der Waals surface area contributed by atoms with Gasteiger partial charge in [-0.3, -0.25) is 0 Å². The Labute approximate surface area is 229 Å². The summed E-state index contributed by atoms with van der Waals surface area (Å²) in [6, 6.07) is 16.6. The highest BCUT2D eigenvalue weighted by Gasteiger charge is 2.60. The van der Waals surface area contributed by atoms with Gasteiger partial charge in [-0.05, 0) is 85.7 Å². The summed E-state index contributed by atoms with van der Waals surface area (Å²) >= 11 is 0. The summed E-state index contributed by atoms with van der Waals surface area (Å²) in [4.78, 5) is 0. The fourth-order valence-corrected chi connectivity index (χ4v) is 8.26. The molecule has 39 heavy (non-hydrogen) atoms. The van der Waals surface area contributed by atoms with Crippen LogP contribution in [0.5, 0.6) is 0 Å². The Morgan fingerprint density at radius 2 is 1.74 bits per heavy atom. The average molecular weight is 560 g/mol. The predicted octanol–water partition coefficient (Wildman–Crippen LogP) is 4.96. The van der Waals surface area contributed by atoms with Crippen molar-refractivity contribution in [3.8, 4) is 11.8 Å². The van der Waals surface area contributed by atoms with Gasteiger partial charge >= 0.3 is 6.18 Å². The number of hydrogen-bond acceptors (Lipinski definition) is 3. The number of halogens is 3. The first kappa shape index (κ1) is 28.2. The highest BCUT2D eigenvalue weighted by atomic mass is 32.2. The SMILES string of the molecule is O=S1(=O)N[C@]2(CN1CC(F)(F)F)[C@@H]1CC[C@H]2Cc2cc(C#CCCCCCNCc3ccccc3)ccc2C1. The molecule has 5 nitrogen and oxygen atoms in total. The van der Waals surface area contributed by atoms with Gasteiger partial charge in [0.05, 0.1) is 5.54 Å². The number of alkyl halides is 3. The molecule has 2 N–H and O–H groups in total. The Bertz CT molecular complexity index is 1320. The van der Waals surface area contributed by atoms with E-state index in [4.69, 9.17) is 0 Å². The number of hydrogen-bond donors (Lipinski definition) is 2. The van der Waals surface area contributed by atoms with Crippen LogP contribution >= 0.6 is 0 Å². The second-order valence-electron chi connectivity index (χ2n) is 11.2. The highest BCUT2D eigenvalue weighted by molar-refractivity contribution is 7.87. The van der Waals surface area contributed by atoms with Crippen LogP contribution in [0.1, 0.15) is 60.8 Å². The number of benzene rings is 2. The smallest absolute Gasteiger partial charge is 0.313 e. The summed E-state index contributed by atoms with van der Waals surface area (Å²) in [5.41, 5.74) is 3.69. The largest absolute Gasteiger partial charge is 0.402 e.